The van der Waals surface area contributed by atoms with Crippen LogP contribution in [0.1, 0.15) is 11.1 Å². The Balaban J connectivity index is 1.76. The first kappa shape index (κ1) is 22.5. The second kappa shape index (κ2) is 9.91. The monoisotopic (exact) mass is 472 g/mol. The van der Waals surface area contributed by atoms with Crippen molar-refractivity contribution in [2.75, 3.05) is 44.0 Å². The summed E-state index contributed by atoms with van der Waals surface area (Å²) in [5, 5.41) is 15.3. The molecule has 0 saturated carbocycles. The molecule has 1 fully saturated rings. The molecule has 5 rings (SSSR count). The number of ether oxygens (including phenoxy) is 1. The number of thioether (sulfide) groups is 1. The van der Waals surface area contributed by atoms with Crippen LogP contribution in [0.3, 0.4) is 0 Å². The third kappa shape index (κ3) is 4.06. The van der Waals surface area contributed by atoms with Crippen molar-refractivity contribution in [3.8, 4) is 0 Å². The highest BCUT2D eigenvalue weighted by molar-refractivity contribution is 8.13. The molecule has 3 aromatic carbocycles. The van der Waals surface area contributed by atoms with E-state index in [0.717, 1.165) is 39.8 Å². The predicted molar refractivity (Wildman–Crippen MR) is 139 cm³/mol. The first-order chi connectivity index (χ1) is 16.7. The van der Waals surface area contributed by atoms with Gasteiger partial charge >= 0.3 is 5.79 Å². The summed E-state index contributed by atoms with van der Waals surface area (Å²) in [5.41, 5.74) is 3.38. The molecule has 2 aliphatic rings. The van der Waals surface area contributed by atoms with Gasteiger partial charge in [-0.1, -0.05) is 66.4 Å². The van der Waals surface area contributed by atoms with Gasteiger partial charge in [-0.2, -0.15) is 9.73 Å². The molecule has 0 aromatic heterocycles. The van der Waals surface area contributed by atoms with Crippen LogP contribution >= 0.6 is 11.8 Å². The summed E-state index contributed by atoms with van der Waals surface area (Å²) in [5.74, 6) is -1.27. The number of hydrogen-bond acceptors (Lipinski definition) is 5. The highest BCUT2D eigenvalue weighted by Gasteiger charge is 2.55. The van der Waals surface area contributed by atoms with Gasteiger partial charge in [0, 0.05) is 24.3 Å². The van der Waals surface area contributed by atoms with E-state index < -0.39 is 5.79 Å². The summed E-state index contributed by atoms with van der Waals surface area (Å²) in [6.45, 7) is 3.26. The zero-order valence-corrected chi connectivity index (χ0v) is 20.0. The van der Waals surface area contributed by atoms with Gasteiger partial charge in [0.1, 0.15) is 6.54 Å². The number of para-hydroxylation sites is 1. The van der Waals surface area contributed by atoms with Gasteiger partial charge in [0.05, 0.1) is 18.8 Å². The Bertz CT molecular complexity index is 1170. The first-order valence-electron chi connectivity index (χ1n) is 11.5. The Hall–Kier alpha value is -3.29. The smallest absolute Gasteiger partial charge is 0.379 e. The van der Waals surface area contributed by atoms with Crippen LogP contribution in [0.5, 0.6) is 0 Å². The standard InChI is InChI=1S/C27H28N4O2S/c1-34-26(29-17-19-33-20-18-29)28-27(23-13-7-3-8-14-23)30(24-15-9-4-10-16-24)21-25(31(27)32)22-11-5-2-6-12-22/h2-16H,17-21H2,1H3/b28-26+. The first-order valence-corrected chi connectivity index (χ1v) is 12.7. The lowest BCUT2D eigenvalue weighted by atomic mass is 10.1. The average molecular weight is 473 g/mol. The molecule has 0 bridgehead atoms. The van der Waals surface area contributed by atoms with E-state index in [9.17, 15) is 5.21 Å². The van der Waals surface area contributed by atoms with E-state index in [1.54, 1.807) is 11.8 Å². The molecule has 6 nitrogen and oxygen atoms in total. The van der Waals surface area contributed by atoms with E-state index in [2.05, 4.69) is 9.80 Å². The summed E-state index contributed by atoms with van der Waals surface area (Å²) >= 11 is 1.57. The maximum absolute atomic E-state index is 14.4. The minimum atomic E-state index is -1.27. The van der Waals surface area contributed by atoms with Gasteiger partial charge in [0.25, 0.3) is 0 Å². The highest BCUT2D eigenvalue weighted by Crippen LogP contribution is 2.40. The summed E-state index contributed by atoms with van der Waals surface area (Å²) in [6, 6.07) is 29.9. The van der Waals surface area contributed by atoms with Crippen molar-refractivity contribution < 1.29 is 9.48 Å². The SMILES string of the molecule is CS/C(=N/C1(c2ccccc2)N(c2ccccc2)CC(c2ccccc2)=[N+]1[O-])N1CCOCC1. The van der Waals surface area contributed by atoms with Gasteiger partial charge in [-0.3, -0.25) is 4.90 Å². The number of amidine groups is 1. The van der Waals surface area contributed by atoms with Crippen molar-refractivity contribution >= 4 is 28.3 Å². The van der Waals surface area contributed by atoms with E-state index in [1.165, 1.54) is 0 Å². The number of hydroxylamine groups is 1. The Morgan fingerprint density at radius 3 is 2.12 bits per heavy atom. The van der Waals surface area contributed by atoms with Crippen LogP contribution < -0.4 is 4.90 Å². The number of morpholine rings is 1. The van der Waals surface area contributed by atoms with Gasteiger partial charge in [-0.05, 0) is 42.7 Å². The second-order valence-electron chi connectivity index (χ2n) is 8.23. The largest absolute Gasteiger partial charge is 0.620 e. The van der Waals surface area contributed by atoms with Crippen LogP contribution in [-0.2, 0) is 10.5 Å². The minimum absolute atomic E-state index is 0.445. The van der Waals surface area contributed by atoms with Crippen molar-refractivity contribution in [1.82, 2.24) is 4.90 Å². The van der Waals surface area contributed by atoms with Crippen LogP contribution in [0.15, 0.2) is 96.0 Å². The number of benzene rings is 3. The lowest BCUT2D eigenvalue weighted by molar-refractivity contribution is -0.547. The Labute approximate surface area is 204 Å². The summed E-state index contributed by atoms with van der Waals surface area (Å²) < 4.78 is 6.68. The fourth-order valence-corrected chi connectivity index (χ4v) is 5.24. The fraction of sp³-hybridized carbons (Fsp3) is 0.259. The number of nitrogens with zero attached hydrogens (tertiary/aromatic N) is 4. The topological polar surface area (TPSA) is 54.1 Å². The third-order valence-corrected chi connectivity index (χ3v) is 6.98. The zero-order chi connectivity index (χ0) is 23.4. The number of hydrogen-bond donors (Lipinski definition) is 0. The van der Waals surface area contributed by atoms with Crippen LogP contribution in [0, 0.1) is 5.21 Å². The molecule has 2 heterocycles. The zero-order valence-electron chi connectivity index (χ0n) is 19.2. The van der Waals surface area contributed by atoms with Crippen LogP contribution in [-0.4, -0.2) is 59.6 Å². The van der Waals surface area contributed by atoms with Crippen molar-refractivity contribution in [3.63, 3.8) is 0 Å². The van der Waals surface area contributed by atoms with Gasteiger partial charge in [0.15, 0.2) is 5.17 Å². The van der Waals surface area contributed by atoms with Crippen molar-refractivity contribution in [2.24, 2.45) is 4.99 Å². The Kier molecular flexibility index (Phi) is 6.56. The van der Waals surface area contributed by atoms with E-state index in [-0.39, 0.29) is 0 Å². The van der Waals surface area contributed by atoms with E-state index in [0.29, 0.717) is 25.5 Å². The average Bonchev–Trinajstić information content (AvgIpc) is 3.22. The molecular formula is C27H28N4O2S. The Morgan fingerprint density at radius 1 is 0.912 bits per heavy atom. The van der Waals surface area contributed by atoms with Crippen LogP contribution in [0.2, 0.25) is 0 Å². The summed E-state index contributed by atoms with van der Waals surface area (Å²) in [6.07, 6.45) is 2.02. The maximum atomic E-state index is 14.4. The van der Waals surface area contributed by atoms with Crippen LogP contribution in [0.4, 0.5) is 5.69 Å². The van der Waals surface area contributed by atoms with Crippen molar-refractivity contribution in [2.45, 2.75) is 5.79 Å². The molecule has 2 aliphatic heterocycles. The molecule has 1 atom stereocenters. The Morgan fingerprint density at radius 2 is 1.50 bits per heavy atom. The van der Waals surface area contributed by atoms with E-state index >= 15 is 0 Å². The molecular weight excluding hydrogens is 444 g/mol. The number of rotatable bonds is 4. The fourth-order valence-electron chi connectivity index (χ4n) is 4.58. The molecule has 174 valence electrons. The van der Waals surface area contributed by atoms with Crippen LogP contribution in [0.25, 0.3) is 0 Å². The molecule has 0 amide bonds. The van der Waals surface area contributed by atoms with Gasteiger partial charge in [0.2, 0.25) is 5.71 Å². The lowest BCUT2D eigenvalue weighted by Crippen LogP contribution is -2.49. The molecule has 3 aromatic rings. The van der Waals surface area contributed by atoms with Gasteiger partial charge in [-0.15, -0.1) is 0 Å². The quantitative estimate of drug-likeness (QED) is 0.244. The lowest BCUT2D eigenvalue weighted by Gasteiger charge is -2.36. The van der Waals surface area contributed by atoms with Gasteiger partial charge < -0.3 is 14.8 Å². The van der Waals surface area contributed by atoms with Crippen molar-refractivity contribution in [1.29, 1.82) is 0 Å². The predicted octanol–water partition coefficient (Wildman–Crippen LogP) is 4.37. The molecule has 0 N–H and O–H groups in total. The molecule has 0 radical (unpaired) electrons. The summed E-state index contributed by atoms with van der Waals surface area (Å²) in [7, 11) is 0. The van der Waals surface area contributed by atoms with Crippen molar-refractivity contribution in [3.05, 3.63) is 107 Å². The van der Waals surface area contributed by atoms with E-state index in [1.807, 2.05) is 97.3 Å². The van der Waals surface area contributed by atoms with Gasteiger partial charge in [-0.25, -0.2) is 0 Å². The maximum Gasteiger partial charge on any atom is 0.379 e. The second-order valence-corrected chi connectivity index (χ2v) is 9.00. The molecule has 1 saturated heterocycles. The highest BCUT2D eigenvalue weighted by atomic mass is 32.2. The minimum Gasteiger partial charge on any atom is -0.620 e. The number of anilines is 1. The summed E-state index contributed by atoms with van der Waals surface area (Å²) in [4.78, 5) is 9.64. The molecule has 34 heavy (non-hydrogen) atoms. The third-order valence-electron chi connectivity index (χ3n) is 6.26. The van der Waals surface area contributed by atoms with E-state index in [4.69, 9.17) is 9.73 Å². The normalized spacial score (nSPS) is 21.3. The molecule has 0 aliphatic carbocycles. The molecule has 7 heteroatoms. The number of aliphatic imine (C=N–C) groups is 1. The molecule has 0 spiro atoms. The molecule has 1 unspecified atom stereocenters.